The van der Waals surface area contributed by atoms with Gasteiger partial charge in [0.25, 0.3) is 0 Å². The summed E-state index contributed by atoms with van der Waals surface area (Å²) in [6, 6.07) is 96.6. The van der Waals surface area contributed by atoms with Gasteiger partial charge in [-0.3, -0.25) is 0 Å². The van der Waals surface area contributed by atoms with Crippen LogP contribution in [0.15, 0.2) is 261 Å². The molecule has 0 unspecified atom stereocenters. The number of rotatable bonds is 7. The summed E-state index contributed by atoms with van der Waals surface area (Å²) in [5, 5.41) is 4.96. The molecule has 13 aromatic rings. The lowest BCUT2D eigenvalue weighted by molar-refractivity contribution is 1.18. The van der Waals surface area contributed by atoms with Crippen LogP contribution in [0, 0.1) is 0 Å². The normalized spacial score (nSPS) is 12.0. The van der Waals surface area contributed by atoms with Crippen LogP contribution in [0.25, 0.3) is 116 Å². The molecule has 3 heterocycles. The van der Waals surface area contributed by atoms with E-state index in [0.29, 0.717) is 0 Å². The molecular weight excluding hydrogens is 832 g/mol. The molecule has 14 rings (SSSR count). The van der Waals surface area contributed by atoms with Crippen molar-refractivity contribution in [3.05, 3.63) is 261 Å². The first-order valence-corrected chi connectivity index (χ1v) is 23.9. The van der Waals surface area contributed by atoms with Gasteiger partial charge in [0.2, 0.25) is 0 Å². The zero-order valence-corrected chi connectivity index (χ0v) is 37.8. The van der Waals surface area contributed by atoms with Crippen LogP contribution < -0.4 is 10.9 Å². The minimum atomic E-state index is -0.215. The van der Waals surface area contributed by atoms with Gasteiger partial charge in [-0.2, -0.15) is 0 Å². The first kappa shape index (κ1) is 39.3. The Hall–Kier alpha value is -8.92. The van der Waals surface area contributed by atoms with Gasteiger partial charge in [-0.1, -0.05) is 212 Å². The van der Waals surface area contributed by atoms with E-state index >= 15 is 0 Å². The Bertz CT molecular complexity index is 3940. The van der Waals surface area contributed by atoms with Gasteiger partial charge in [-0.15, -0.1) is 0 Å². The van der Waals surface area contributed by atoms with E-state index in [1.807, 2.05) is 0 Å². The van der Waals surface area contributed by atoms with Crippen LogP contribution >= 0.6 is 0 Å². The fraction of sp³-hybridized carbons (Fsp3) is 0. The molecule has 0 saturated carbocycles. The third-order valence-electron chi connectivity index (χ3n) is 14.5. The van der Waals surface area contributed by atoms with Gasteiger partial charge in [0.05, 0.1) is 11.0 Å². The largest absolute Gasteiger partial charge is 0.375 e. The van der Waals surface area contributed by atoms with Crippen molar-refractivity contribution in [2.45, 2.75) is 0 Å². The van der Waals surface area contributed by atoms with Crippen LogP contribution in [0.3, 0.4) is 0 Å². The summed E-state index contributed by atoms with van der Waals surface area (Å²) in [6.07, 6.45) is 0. The molecule has 1 aliphatic heterocycles. The predicted octanol–water partition coefficient (Wildman–Crippen LogP) is 15.9. The topological polar surface area (TPSA) is 9.86 Å². The lowest BCUT2D eigenvalue weighted by Gasteiger charge is -2.30. The fourth-order valence-electron chi connectivity index (χ4n) is 11.5. The highest BCUT2D eigenvalue weighted by molar-refractivity contribution is 6.88. The first-order valence-electron chi connectivity index (χ1n) is 23.9. The number of aromatic nitrogens is 2. The number of nitrogens with zero attached hydrogens (tertiary/aromatic N) is 2. The molecule has 2 aromatic heterocycles. The molecule has 1 aliphatic rings. The van der Waals surface area contributed by atoms with Crippen LogP contribution in [0.1, 0.15) is 0 Å². The summed E-state index contributed by atoms with van der Waals surface area (Å²) in [4.78, 5) is 0. The number of benzene rings is 11. The Kier molecular flexibility index (Phi) is 9.03. The standard InChI is InChI=1S/C66H43BN2/c1-7-21-44(22-8-1)50-35-36-62-56(37-50)57-42-53(47-27-13-4-14-28-47)43-61-66(57)68(62)63-34-20-19-33-60(63)67(61)69-64-54(48-29-15-5-16-30-48)38-51(45-23-9-2-10-24-45)40-58(64)59-41-52(46-25-11-3-12-26-46)39-55(65(59)69)49-31-17-6-18-32-49/h1-43H. The van der Waals surface area contributed by atoms with Crippen LogP contribution in [-0.4, -0.2) is 15.9 Å². The van der Waals surface area contributed by atoms with Crippen molar-refractivity contribution >= 4 is 61.4 Å². The second kappa shape index (κ2) is 15.9. The molecule has 0 amide bonds. The Morgan fingerprint density at radius 3 is 1.10 bits per heavy atom. The van der Waals surface area contributed by atoms with E-state index < -0.39 is 0 Å². The van der Waals surface area contributed by atoms with E-state index in [4.69, 9.17) is 0 Å². The summed E-state index contributed by atoms with van der Waals surface area (Å²) >= 11 is 0. The van der Waals surface area contributed by atoms with E-state index in [9.17, 15) is 0 Å². The molecule has 0 radical (unpaired) electrons. The van der Waals surface area contributed by atoms with Gasteiger partial charge in [-0.05, 0) is 115 Å². The van der Waals surface area contributed by atoms with Crippen molar-refractivity contribution in [2.75, 3.05) is 0 Å². The Balaban J connectivity index is 1.20. The van der Waals surface area contributed by atoms with E-state index in [2.05, 4.69) is 270 Å². The molecule has 0 bridgehead atoms. The number of hydrogen-bond acceptors (Lipinski definition) is 0. The maximum absolute atomic E-state index is 2.75. The van der Waals surface area contributed by atoms with Crippen LogP contribution in [0.4, 0.5) is 0 Å². The second-order valence-electron chi connectivity index (χ2n) is 18.4. The Morgan fingerprint density at radius 1 is 0.246 bits per heavy atom. The summed E-state index contributed by atoms with van der Waals surface area (Å²) in [5.41, 5.74) is 23.0. The van der Waals surface area contributed by atoms with Crippen molar-refractivity contribution < 1.29 is 0 Å². The van der Waals surface area contributed by atoms with E-state index in [0.717, 1.165) is 0 Å². The average molecular weight is 875 g/mol. The molecule has 0 aliphatic carbocycles. The van der Waals surface area contributed by atoms with Crippen molar-refractivity contribution in [2.24, 2.45) is 0 Å². The van der Waals surface area contributed by atoms with Gasteiger partial charge in [0.15, 0.2) is 0 Å². The molecule has 0 spiro atoms. The molecular formula is C66H43BN2. The van der Waals surface area contributed by atoms with Crippen LogP contribution in [-0.2, 0) is 0 Å². The minimum absolute atomic E-state index is 0.215. The fourth-order valence-corrected chi connectivity index (χ4v) is 11.5. The molecule has 69 heavy (non-hydrogen) atoms. The first-order chi connectivity index (χ1) is 34.2. The number of hydrogen-bond donors (Lipinski definition) is 0. The van der Waals surface area contributed by atoms with Crippen molar-refractivity contribution in [3.63, 3.8) is 0 Å². The maximum atomic E-state index is 2.75. The predicted molar refractivity (Wildman–Crippen MR) is 293 cm³/mol. The van der Waals surface area contributed by atoms with Crippen molar-refractivity contribution in [1.29, 1.82) is 0 Å². The highest BCUT2D eigenvalue weighted by Crippen LogP contribution is 2.46. The van der Waals surface area contributed by atoms with E-state index in [1.54, 1.807) is 0 Å². The molecule has 11 aromatic carbocycles. The molecule has 320 valence electrons. The molecule has 3 heteroatoms. The molecule has 0 saturated heterocycles. The Labute approximate surface area is 401 Å². The van der Waals surface area contributed by atoms with Gasteiger partial charge in [0.1, 0.15) is 0 Å². The van der Waals surface area contributed by atoms with E-state index in [1.165, 1.54) is 127 Å². The average Bonchev–Trinajstić information content (AvgIpc) is 3.94. The van der Waals surface area contributed by atoms with E-state index in [-0.39, 0.29) is 6.85 Å². The summed E-state index contributed by atoms with van der Waals surface area (Å²) in [5.74, 6) is 0. The van der Waals surface area contributed by atoms with Gasteiger partial charge in [-0.25, -0.2) is 0 Å². The summed E-state index contributed by atoms with van der Waals surface area (Å²) in [7, 11) is 0. The molecule has 0 N–H and O–H groups in total. The second-order valence-corrected chi connectivity index (χ2v) is 18.4. The maximum Gasteiger partial charge on any atom is 0.332 e. The van der Waals surface area contributed by atoms with Gasteiger partial charge < -0.3 is 9.05 Å². The lowest BCUT2D eigenvalue weighted by Crippen LogP contribution is -2.53. The van der Waals surface area contributed by atoms with Crippen LogP contribution in [0.2, 0.25) is 0 Å². The monoisotopic (exact) mass is 874 g/mol. The summed E-state index contributed by atoms with van der Waals surface area (Å²) < 4.78 is 5.30. The zero-order chi connectivity index (χ0) is 45.4. The highest BCUT2D eigenvalue weighted by atomic mass is 15.0. The SMILES string of the molecule is c1ccc(-c2cc(-c3ccccc3)c3c(c2)c2cc(-c4ccccc4)cc(-c4ccccc4)c2n3B2c3ccccc3-n3c4ccc(-c5ccccc5)cc4c4cc(-c5ccccc5)cc2c43)cc1. The van der Waals surface area contributed by atoms with Crippen molar-refractivity contribution in [3.8, 4) is 72.4 Å². The van der Waals surface area contributed by atoms with Crippen LogP contribution in [0.5, 0.6) is 0 Å². The van der Waals surface area contributed by atoms with Gasteiger partial charge in [0, 0.05) is 49.4 Å². The van der Waals surface area contributed by atoms with Crippen molar-refractivity contribution in [1.82, 2.24) is 9.05 Å². The summed E-state index contributed by atoms with van der Waals surface area (Å²) in [6.45, 7) is -0.215. The minimum Gasteiger partial charge on any atom is -0.375 e. The highest BCUT2D eigenvalue weighted by Gasteiger charge is 2.38. The van der Waals surface area contributed by atoms with Gasteiger partial charge >= 0.3 is 6.85 Å². The third kappa shape index (κ3) is 6.28. The number of fused-ring (bicyclic) bond motifs is 8. The Morgan fingerprint density at radius 2 is 0.623 bits per heavy atom. The smallest absolute Gasteiger partial charge is 0.332 e. The number of para-hydroxylation sites is 1. The quantitative estimate of drug-likeness (QED) is 0.141. The molecule has 0 atom stereocenters. The molecule has 0 fully saturated rings. The zero-order valence-electron chi connectivity index (χ0n) is 37.8. The third-order valence-corrected chi connectivity index (χ3v) is 14.5. The molecule has 2 nitrogen and oxygen atoms in total. The lowest BCUT2D eigenvalue weighted by atomic mass is 9.48.